The number of nitrogens with two attached hydrogens (primary N) is 1. The molecule has 0 saturated heterocycles. The van der Waals surface area contributed by atoms with E-state index in [0.717, 1.165) is 17.7 Å². The number of ether oxygens (including phenoxy) is 1. The predicted octanol–water partition coefficient (Wildman–Crippen LogP) is 2.57. The smallest absolute Gasteiger partial charge is 0.205 e. The van der Waals surface area contributed by atoms with Gasteiger partial charge >= 0.3 is 0 Å². The fourth-order valence-electron chi connectivity index (χ4n) is 3.15. The summed E-state index contributed by atoms with van der Waals surface area (Å²) in [6.07, 6.45) is 1.94. The molecule has 1 unspecified atom stereocenters. The van der Waals surface area contributed by atoms with Crippen LogP contribution >= 0.6 is 0 Å². The number of ketones is 1. The largest absolute Gasteiger partial charge is 0.444 e. The maximum Gasteiger partial charge on any atom is 0.205 e. The van der Waals surface area contributed by atoms with Gasteiger partial charge in [0.25, 0.3) is 0 Å². The van der Waals surface area contributed by atoms with Gasteiger partial charge in [0.1, 0.15) is 17.4 Å². The van der Waals surface area contributed by atoms with Crippen LogP contribution in [-0.4, -0.2) is 19.9 Å². The summed E-state index contributed by atoms with van der Waals surface area (Å²) in [5.74, 6) is 0.364. The Morgan fingerprint density at radius 3 is 2.57 bits per heavy atom. The van der Waals surface area contributed by atoms with E-state index in [1.165, 1.54) is 0 Å². The van der Waals surface area contributed by atoms with E-state index in [1.807, 2.05) is 43.3 Å². The van der Waals surface area contributed by atoms with Crippen molar-refractivity contribution in [3.8, 4) is 6.07 Å². The molecule has 2 N–H and O–H groups in total. The molecule has 118 valence electrons. The Bertz CT molecular complexity index is 751. The van der Waals surface area contributed by atoms with Crippen LogP contribution in [0, 0.1) is 11.3 Å². The first-order valence-electron chi connectivity index (χ1n) is 7.64. The van der Waals surface area contributed by atoms with Crippen molar-refractivity contribution in [2.45, 2.75) is 25.2 Å². The first-order valence-corrected chi connectivity index (χ1v) is 7.64. The molecular weight excluding hydrogens is 290 g/mol. The van der Waals surface area contributed by atoms with Gasteiger partial charge in [-0.15, -0.1) is 0 Å². The van der Waals surface area contributed by atoms with Gasteiger partial charge in [-0.2, -0.15) is 5.26 Å². The molecule has 1 aliphatic carbocycles. The molecule has 5 heteroatoms. The molecule has 3 rings (SSSR count). The van der Waals surface area contributed by atoms with Crippen LogP contribution in [0.1, 0.15) is 30.7 Å². The molecule has 0 saturated carbocycles. The first-order chi connectivity index (χ1) is 11.0. The second kappa shape index (κ2) is 5.81. The third-order valence-electron chi connectivity index (χ3n) is 4.35. The normalized spacial score (nSPS) is 20.7. The van der Waals surface area contributed by atoms with Crippen molar-refractivity contribution in [3.63, 3.8) is 0 Å². The number of carbonyl (C=O) groups is 1. The minimum Gasteiger partial charge on any atom is -0.444 e. The molecule has 0 radical (unpaired) electrons. The summed E-state index contributed by atoms with van der Waals surface area (Å²) in [6, 6.07) is 9.97. The number of benzene rings is 1. The van der Waals surface area contributed by atoms with Gasteiger partial charge in [-0.3, -0.25) is 4.79 Å². The van der Waals surface area contributed by atoms with Crippen LogP contribution in [0.25, 0.3) is 0 Å². The number of carbonyl (C=O) groups excluding carboxylic acids is 1. The topological polar surface area (TPSA) is 79.3 Å². The molecule has 0 amide bonds. The highest BCUT2D eigenvalue weighted by molar-refractivity contribution is 5.99. The quantitative estimate of drug-likeness (QED) is 0.908. The summed E-state index contributed by atoms with van der Waals surface area (Å²) < 4.78 is 5.56. The summed E-state index contributed by atoms with van der Waals surface area (Å²) >= 11 is 0. The predicted molar refractivity (Wildman–Crippen MR) is 87.3 cm³/mol. The van der Waals surface area contributed by atoms with Crippen LogP contribution in [0.2, 0.25) is 0 Å². The van der Waals surface area contributed by atoms with E-state index < -0.39 is 5.92 Å². The molecule has 0 aromatic heterocycles. The minimum atomic E-state index is -0.423. The Morgan fingerprint density at radius 2 is 1.96 bits per heavy atom. The van der Waals surface area contributed by atoms with Crippen LogP contribution in [0.15, 0.2) is 47.1 Å². The maximum atomic E-state index is 12.4. The highest BCUT2D eigenvalue weighted by Gasteiger charge is 2.37. The molecule has 0 spiro atoms. The van der Waals surface area contributed by atoms with E-state index in [4.69, 9.17) is 10.5 Å². The molecule has 1 aromatic rings. The summed E-state index contributed by atoms with van der Waals surface area (Å²) in [5, 5.41) is 9.50. The summed E-state index contributed by atoms with van der Waals surface area (Å²) in [6.45, 7) is 0. The number of rotatable bonds is 2. The third kappa shape index (κ3) is 2.57. The number of nitrogens with zero attached hydrogens (tertiary/aromatic N) is 2. The van der Waals surface area contributed by atoms with Crippen molar-refractivity contribution in [1.82, 2.24) is 0 Å². The van der Waals surface area contributed by atoms with Crippen LogP contribution in [0.5, 0.6) is 0 Å². The zero-order valence-corrected chi connectivity index (χ0v) is 13.3. The lowest BCUT2D eigenvalue weighted by atomic mass is 9.77. The molecule has 2 aliphatic rings. The van der Waals surface area contributed by atoms with Crippen LogP contribution in [0.4, 0.5) is 5.69 Å². The SMILES string of the molecule is CN(C)c1ccc(C2C(C#N)=C(N)OC3=C2C(=O)CCC3)cc1. The van der Waals surface area contributed by atoms with Gasteiger partial charge in [0.2, 0.25) is 5.88 Å². The van der Waals surface area contributed by atoms with Crippen molar-refractivity contribution < 1.29 is 9.53 Å². The zero-order valence-electron chi connectivity index (χ0n) is 13.3. The molecule has 1 aromatic carbocycles. The molecule has 23 heavy (non-hydrogen) atoms. The number of hydrogen-bond donors (Lipinski definition) is 1. The van der Waals surface area contributed by atoms with E-state index in [9.17, 15) is 10.1 Å². The lowest BCUT2D eigenvalue weighted by Crippen LogP contribution is -2.27. The van der Waals surface area contributed by atoms with E-state index in [2.05, 4.69) is 6.07 Å². The van der Waals surface area contributed by atoms with Crippen molar-refractivity contribution in [1.29, 1.82) is 5.26 Å². The lowest BCUT2D eigenvalue weighted by molar-refractivity contribution is -0.116. The third-order valence-corrected chi connectivity index (χ3v) is 4.35. The minimum absolute atomic E-state index is 0.0492. The number of anilines is 1. The van der Waals surface area contributed by atoms with Gasteiger partial charge in [0.05, 0.1) is 5.92 Å². The average molecular weight is 309 g/mol. The van der Waals surface area contributed by atoms with E-state index in [-0.39, 0.29) is 11.7 Å². The molecule has 1 aliphatic heterocycles. The molecule has 1 atom stereocenters. The van der Waals surface area contributed by atoms with Gasteiger partial charge in [0.15, 0.2) is 5.78 Å². The van der Waals surface area contributed by atoms with Crippen LogP contribution < -0.4 is 10.6 Å². The summed E-state index contributed by atoms with van der Waals surface area (Å²) in [5.41, 5.74) is 8.79. The Kier molecular flexibility index (Phi) is 3.83. The van der Waals surface area contributed by atoms with Crippen molar-refractivity contribution >= 4 is 11.5 Å². The molecule has 0 fully saturated rings. The van der Waals surface area contributed by atoms with Gasteiger partial charge in [-0.1, -0.05) is 12.1 Å². The van der Waals surface area contributed by atoms with Crippen molar-refractivity contribution in [2.24, 2.45) is 5.73 Å². The van der Waals surface area contributed by atoms with Gasteiger partial charge in [-0.05, 0) is 24.1 Å². The Balaban J connectivity index is 2.11. The lowest BCUT2D eigenvalue weighted by Gasteiger charge is -2.31. The Labute approximate surface area is 135 Å². The van der Waals surface area contributed by atoms with Crippen LogP contribution in [0.3, 0.4) is 0 Å². The first kappa shape index (κ1) is 15.2. The second-order valence-electron chi connectivity index (χ2n) is 6.02. The molecule has 1 heterocycles. The monoisotopic (exact) mass is 309 g/mol. The fourth-order valence-corrected chi connectivity index (χ4v) is 3.15. The standard InChI is InChI=1S/C18H19N3O2/c1-21(2)12-8-6-11(7-9-12)16-13(10-19)18(20)23-15-5-3-4-14(22)17(15)16/h6-9,16H,3-5,20H2,1-2H3. The van der Waals surface area contributed by atoms with E-state index in [1.54, 1.807) is 0 Å². The Hall–Kier alpha value is -2.74. The summed E-state index contributed by atoms with van der Waals surface area (Å²) in [4.78, 5) is 14.4. The van der Waals surface area contributed by atoms with Gasteiger partial charge < -0.3 is 15.4 Å². The highest BCUT2D eigenvalue weighted by Crippen LogP contribution is 2.43. The second-order valence-corrected chi connectivity index (χ2v) is 6.02. The molecule has 0 bridgehead atoms. The maximum absolute atomic E-state index is 12.4. The van der Waals surface area contributed by atoms with Crippen LogP contribution in [-0.2, 0) is 9.53 Å². The number of Topliss-reactive ketones (excluding diaryl/α,β-unsaturated/α-hetero) is 1. The molecular formula is C18H19N3O2. The van der Waals surface area contributed by atoms with Crippen molar-refractivity contribution in [2.75, 3.05) is 19.0 Å². The molecule has 5 nitrogen and oxygen atoms in total. The zero-order chi connectivity index (χ0) is 16.6. The van der Waals surface area contributed by atoms with Gasteiger partial charge in [-0.25, -0.2) is 0 Å². The Morgan fingerprint density at radius 1 is 1.26 bits per heavy atom. The van der Waals surface area contributed by atoms with Crippen molar-refractivity contribution in [3.05, 3.63) is 52.6 Å². The highest BCUT2D eigenvalue weighted by atomic mass is 16.5. The number of hydrogen-bond acceptors (Lipinski definition) is 5. The van der Waals surface area contributed by atoms with Gasteiger partial charge in [0, 0.05) is 38.2 Å². The average Bonchev–Trinajstić information content (AvgIpc) is 2.54. The van der Waals surface area contributed by atoms with E-state index in [0.29, 0.717) is 29.7 Å². The fraction of sp³-hybridized carbons (Fsp3) is 0.333. The number of nitriles is 1. The van der Waals surface area contributed by atoms with E-state index >= 15 is 0 Å². The summed E-state index contributed by atoms with van der Waals surface area (Å²) in [7, 11) is 3.93. The number of allylic oxidation sites excluding steroid dienone is 3.